The number of hydrogen-bond donors (Lipinski definition) is 3. The van der Waals surface area contributed by atoms with Crippen LogP contribution in [0.5, 0.6) is 0 Å². The van der Waals surface area contributed by atoms with Gasteiger partial charge in [-0.05, 0) is 24.5 Å². The number of rotatable bonds is 6. The van der Waals surface area contributed by atoms with E-state index in [4.69, 9.17) is 5.73 Å². The van der Waals surface area contributed by atoms with E-state index in [1.807, 2.05) is 24.3 Å². The maximum absolute atomic E-state index is 5.81. The maximum Gasteiger partial charge on any atom is 0.188 e. The Kier molecular flexibility index (Phi) is 4.98. The standard InChI is InChI=1S/C15H23N5/c1-11(2)7-9-17-15(16)18-10-8-14-19-12-5-3-4-6-13(12)20-14/h3-6,11H,7-10H2,1-2H3,(H,19,20)(H3,16,17,18). The van der Waals surface area contributed by atoms with Gasteiger partial charge in [-0.15, -0.1) is 0 Å². The van der Waals surface area contributed by atoms with Gasteiger partial charge >= 0.3 is 0 Å². The molecule has 0 atom stereocenters. The highest BCUT2D eigenvalue weighted by atomic mass is 15.1. The van der Waals surface area contributed by atoms with E-state index in [9.17, 15) is 0 Å². The van der Waals surface area contributed by atoms with Crippen LogP contribution in [0.2, 0.25) is 0 Å². The summed E-state index contributed by atoms with van der Waals surface area (Å²) in [6, 6.07) is 8.03. The third kappa shape index (κ3) is 4.26. The molecule has 0 aliphatic rings. The van der Waals surface area contributed by atoms with Crippen molar-refractivity contribution in [1.82, 2.24) is 15.3 Å². The highest BCUT2D eigenvalue weighted by Gasteiger charge is 2.01. The van der Waals surface area contributed by atoms with Gasteiger partial charge in [0.25, 0.3) is 0 Å². The Bertz CT molecular complexity index is 537. The molecule has 4 N–H and O–H groups in total. The first-order chi connectivity index (χ1) is 9.65. The molecular formula is C15H23N5. The molecule has 0 aliphatic carbocycles. The number of aromatic nitrogens is 2. The molecule has 1 aromatic heterocycles. The van der Waals surface area contributed by atoms with Gasteiger partial charge in [0.2, 0.25) is 0 Å². The second-order valence-electron chi connectivity index (χ2n) is 5.33. The van der Waals surface area contributed by atoms with Crippen LogP contribution in [0.4, 0.5) is 0 Å². The van der Waals surface area contributed by atoms with Gasteiger partial charge in [-0.2, -0.15) is 0 Å². The average molecular weight is 273 g/mol. The van der Waals surface area contributed by atoms with Crippen LogP contribution in [-0.2, 0) is 6.42 Å². The van der Waals surface area contributed by atoms with E-state index in [0.29, 0.717) is 11.9 Å². The summed E-state index contributed by atoms with van der Waals surface area (Å²) in [5.74, 6) is 2.14. The van der Waals surface area contributed by atoms with Crippen LogP contribution < -0.4 is 11.1 Å². The van der Waals surface area contributed by atoms with Crippen molar-refractivity contribution in [3.05, 3.63) is 30.1 Å². The minimum Gasteiger partial charge on any atom is -0.370 e. The molecule has 1 aromatic carbocycles. The number of aliphatic imine (C=N–C) groups is 1. The van der Waals surface area contributed by atoms with Crippen LogP contribution in [0.15, 0.2) is 29.3 Å². The third-order valence-electron chi connectivity index (χ3n) is 3.09. The summed E-state index contributed by atoms with van der Waals surface area (Å²) in [7, 11) is 0. The number of nitrogens with one attached hydrogen (secondary N) is 2. The van der Waals surface area contributed by atoms with Crippen molar-refractivity contribution in [3.63, 3.8) is 0 Å². The first kappa shape index (κ1) is 14.4. The van der Waals surface area contributed by atoms with Crippen LogP contribution >= 0.6 is 0 Å². The maximum atomic E-state index is 5.81. The van der Waals surface area contributed by atoms with Crippen LogP contribution in [0.3, 0.4) is 0 Å². The molecule has 5 nitrogen and oxygen atoms in total. The number of nitrogens with two attached hydrogens (primary N) is 1. The summed E-state index contributed by atoms with van der Waals surface area (Å²) >= 11 is 0. The molecule has 0 amide bonds. The van der Waals surface area contributed by atoms with E-state index in [1.165, 1.54) is 0 Å². The number of para-hydroxylation sites is 2. The first-order valence-electron chi connectivity index (χ1n) is 7.12. The number of imidazole rings is 1. The smallest absolute Gasteiger partial charge is 0.188 e. The van der Waals surface area contributed by atoms with Gasteiger partial charge in [-0.1, -0.05) is 26.0 Å². The molecule has 108 valence electrons. The summed E-state index contributed by atoms with van der Waals surface area (Å²) in [6.07, 6.45) is 1.86. The molecule has 0 spiro atoms. The number of guanidine groups is 1. The van der Waals surface area contributed by atoms with E-state index in [-0.39, 0.29) is 0 Å². The molecule has 20 heavy (non-hydrogen) atoms. The summed E-state index contributed by atoms with van der Waals surface area (Å²) < 4.78 is 0. The van der Waals surface area contributed by atoms with Crippen LogP contribution in [0.25, 0.3) is 11.0 Å². The Morgan fingerprint density at radius 2 is 2.20 bits per heavy atom. The summed E-state index contributed by atoms with van der Waals surface area (Å²) in [5, 5.41) is 3.12. The Morgan fingerprint density at radius 1 is 1.40 bits per heavy atom. The van der Waals surface area contributed by atoms with E-state index in [0.717, 1.165) is 42.8 Å². The Labute approximate surface area is 119 Å². The number of H-pyrrole nitrogens is 1. The molecular weight excluding hydrogens is 250 g/mol. The fourth-order valence-electron chi connectivity index (χ4n) is 1.93. The fraction of sp³-hybridized carbons (Fsp3) is 0.467. The zero-order chi connectivity index (χ0) is 14.4. The minimum absolute atomic E-state index is 0.516. The molecule has 0 saturated carbocycles. The number of hydrogen-bond acceptors (Lipinski definition) is 2. The van der Waals surface area contributed by atoms with Gasteiger partial charge < -0.3 is 16.0 Å². The van der Waals surface area contributed by atoms with E-state index in [2.05, 4.69) is 34.1 Å². The van der Waals surface area contributed by atoms with Gasteiger partial charge in [-0.3, -0.25) is 4.99 Å². The normalized spacial score (nSPS) is 12.2. The van der Waals surface area contributed by atoms with Crippen molar-refractivity contribution < 1.29 is 0 Å². The Hall–Kier alpha value is -2.04. The van der Waals surface area contributed by atoms with E-state index < -0.39 is 0 Å². The molecule has 0 fully saturated rings. The summed E-state index contributed by atoms with van der Waals surface area (Å²) in [5.41, 5.74) is 7.88. The average Bonchev–Trinajstić information content (AvgIpc) is 2.80. The molecule has 2 rings (SSSR count). The zero-order valence-electron chi connectivity index (χ0n) is 12.2. The number of nitrogens with zero attached hydrogens (tertiary/aromatic N) is 2. The van der Waals surface area contributed by atoms with Gasteiger partial charge in [0.15, 0.2) is 5.96 Å². The van der Waals surface area contributed by atoms with Crippen LogP contribution in [0.1, 0.15) is 26.1 Å². The van der Waals surface area contributed by atoms with Gasteiger partial charge in [0.05, 0.1) is 11.0 Å². The van der Waals surface area contributed by atoms with Crippen LogP contribution in [0, 0.1) is 5.92 Å². The predicted octanol–water partition coefficient (Wildman–Crippen LogP) is 2.06. The topological polar surface area (TPSA) is 79.1 Å². The SMILES string of the molecule is CC(C)CCN=C(N)NCCc1nc2ccccc2[nH]1. The molecule has 0 saturated heterocycles. The molecule has 5 heteroatoms. The minimum atomic E-state index is 0.516. The molecule has 0 unspecified atom stereocenters. The second kappa shape index (κ2) is 6.93. The monoisotopic (exact) mass is 273 g/mol. The lowest BCUT2D eigenvalue weighted by Gasteiger charge is -2.05. The lowest BCUT2D eigenvalue weighted by atomic mass is 10.1. The molecule has 0 radical (unpaired) electrons. The number of fused-ring (bicyclic) bond motifs is 1. The van der Waals surface area contributed by atoms with Crippen molar-refractivity contribution in [2.45, 2.75) is 26.7 Å². The summed E-state index contributed by atoms with van der Waals surface area (Å²) in [4.78, 5) is 12.1. The van der Waals surface area contributed by atoms with Gasteiger partial charge in [0.1, 0.15) is 5.82 Å². The number of benzene rings is 1. The predicted molar refractivity (Wildman–Crippen MR) is 83.7 cm³/mol. The molecule has 0 bridgehead atoms. The highest BCUT2D eigenvalue weighted by Crippen LogP contribution is 2.10. The lowest BCUT2D eigenvalue weighted by Crippen LogP contribution is -2.33. The molecule has 1 heterocycles. The lowest BCUT2D eigenvalue weighted by molar-refractivity contribution is 0.595. The van der Waals surface area contributed by atoms with Crippen molar-refractivity contribution in [1.29, 1.82) is 0 Å². The Morgan fingerprint density at radius 3 is 2.95 bits per heavy atom. The second-order valence-corrected chi connectivity index (χ2v) is 5.33. The fourth-order valence-corrected chi connectivity index (χ4v) is 1.93. The zero-order valence-corrected chi connectivity index (χ0v) is 12.2. The van der Waals surface area contributed by atoms with Crippen LogP contribution in [-0.4, -0.2) is 29.0 Å². The largest absolute Gasteiger partial charge is 0.370 e. The molecule has 0 aliphatic heterocycles. The van der Waals surface area contributed by atoms with Gasteiger partial charge in [-0.25, -0.2) is 4.98 Å². The van der Waals surface area contributed by atoms with Gasteiger partial charge in [0, 0.05) is 19.5 Å². The first-order valence-corrected chi connectivity index (χ1v) is 7.12. The molecule has 2 aromatic rings. The van der Waals surface area contributed by atoms with E-state index >= 15 is 0 Å². The third-order valence-corrected chi connectivity index (χ3v) is 3.09. The van der Waals surface area contributed by atoms with Crippen molar-refractivity contribution in [2.24, 2.45) is 16.6 Å². The van der Waals surface area contributed by atoms with Crippen molar-refractivity contribution in [2.75, 3.05) is 13.1 Å². The van der Waals surface area contributed by atoms with Crippen molar-refractivity contribution in [3.8, 4) is 0 Å². The highest BCUT2D eigenvalue weighted by molar-refractivity contribution is 5.77. The Balaban J connectivity index is 1.77. The van der Waals surface area contributed by atoms with E-state index in [1.54, 1.807) is 0 Å². The van der Waals surface area contributed by atoms with Crippen molar-refractivity contribution >= 4 is 17.0 Å². The quantitative estimate of drug-likeness (QED) is 0.557. The number of aromatic amines is 1. The summed E-state index contributed by atoms with van der Waals surface area (Å²) in [6.45, 7) is 5.87.